The molecule has 0 heterocycles. The summed E-state index contributed by atoms with van der Waals surface area (Å²) in [5.74, 6) is 0. The van der Waals surface area contributed by atoms with Crippen molar-refractivity contribution in [2.24, 2.45) is 0 Å². The van der Waals surface area contributed by atoms with Gasteiger partial charge in [-0.3, -0.25) is 0 Å². The molecule has 0 radical (unpaired) electrons. The largest absolute Gasteiger partial charge is 0.307 e. The summed E-state index contributed by atoms with van der Waals surface area (Å²) in [7, 11) is 1.62. The van der Waals surface area contributed by atoms with Crippen LogP contribution in [0.4, 0.5) is 0 Å². The van der Waals surface area contributed by atoms with E-state index in [9.17, 15) is 4.79 Å². The SMILES string of the molecule is BC(=O)C1=CCc2ccccc21. The predicted octanol–water partition coefficient (Wildman–Crippen LogP) is 0.786. The molecule has 0 saturated carbocycles. The summed E-state index contributed by atoms with van der Waals surface area (Å²) in [6, 6.07) is 8.06. The van der Waals surface area contributed by atoms with E-state index in [1.165, 1.54) is 5.56 Å². The van der Waals surface area contributed by atoms with Crippen molar-refractivity contribution in [2.75, 3.05) is 0 Å². The standard InChI is InChI=1S/C10H9BO/c11-10(12)9-6-5-7-3-1-2-4-8(7)9/h1-4,6H,5,11H2. The molecule has 1 aliphatic carbocycles. The molecular weight excluding hydrogens is 147 g/mol. The number of rotatable bonds is 1. The maximum atomic E-state index is 11.1. The molecule has 0 saturated heterocycles. The number of carbonyl (C=O) groups is 1. The highest BCUT2D eigenvalue weighted by Gasteiger charge is 2.15. The highest BCUT2D eigenvalue weighted by atomic mass is 16.1. The third kappa shape index (κ3) is 1.000. The van der Waals surface area contributed by atoms with E-state index in [0.717, 1.165) is 17.6 Å². The maximum absolute atomic E-state index is 11.1. The van der Waals surface area contributed by atoms with Gasteiger partial charge in [0.05, 0.1) is 0 Å². The average molecular weight is 156 g/mol. The fourth-order valence-corrected chi connectivity index (χ4v) is 1.62. The molecule has 2 heteroatoms. The summed E-state index contributed by atoms with van der Waals surface area (Å²) >= 11 is 0. The third-order valence-corrected chi connectivity index (χ3v) is 2.21. The van der Waals surface area contributed by atoms with Gasteiger partial charge in [0.1, 0.15) is 5.68 Å². The van der Waals surface area contributed by atoms with Crippen LogP contribution in [0.5, 0.6) is 0 Å². The molecule has 1 aromatic carbocycles. The number of carbonyl (C=O) groups excluding carboxylic acids is 1. The Bertz CT molecular complexity index is 366. The topological polar surface area (TPSA) is 17.1 Å². The Labute approximate surface area is 72.5 Å². The number of allylic oxidation sites excluding steroid dienone is 2. The Kier molecular flexibility index (Phi) is 1.61. The third-order valence-electron chi connectivity index (χ3n) is 2.21. The molecule has 2 rings (SSSR count). The van der Waals surface area contributed by atoms with Crippen molar-refractivity contribution >= 4 is 19.1 Å². The highest BCUT2D eigenvalue weighted by Crippen LogP contribution is 2.26. The van der Waals surface area contributed by atoms with E-state index >= 15 is 0 Å². The van der Waals surface area contributed by atoms with Crippen molar-refractivity contribution in [3.05, 3.63) is 41.5 Å². The van der Waals surface area contributed by atoms with Gasteiger partial charge in [0, 0.05) is 5.57 Å². The van der Waals surface area contributed by atoms with Gasteiger partial charge >= 0.3 is 0 Å². The average Bonchev–Trinajstić information content (AvgIpc) is 2.47. The molecular formula is C10H9BO. The van der Waals surface area contributed by atoms with Gasteiger partial charge in [0.25, 0.3) is 0 Å². The van der Waals surface area contributed by atoms with Crippen molar-refractivity contribution < 1.29 is 4.79 Å². The Morgan fingerprint density at radius 1 is 1.33 bits per heavy atom. The molecule has 12 heavy (non-hydrogen) atoms. The number of hydrogen-bond donors (Lipinski definition) is 0. The molecule has 0 unspecified atom stereocenters. The second kappa shape index (κ2) is 2.63. The van der Waals surface area contributed by atoms with Crippen LogP contribution in [0.3, 0.4) is 0 Å². The Balaban J connectivity index is 2.52. The Morgan fingerprint density at radius 2 is 2.08 bits per heavy atom. The molecule has 1 nitrogen and oxygen atoms in total. The molecule has 0 fully saturated rings. The van der Waals surface area contributed by atoms with Gasteiger partial charge in [-0.2, -0.15) is 0 Å². The van der Waals surface area contributed by atoms with Crippen molar-refractivity contribution in [3.8, 4) is 0 Å². The smallest absolute Gasteiger partial charge is 0.193 e. The predicted molar refractivity (Wildman–Crippen MR) is 51.7 cm³/mol. The first-order chi connectivity index (χ1) is 5.79. The quantitative estimate of drug-likeness (QED) is 0.549. The maximum Gasteiger partial charge on any atom is 0.193 e. The molecule has 0 bridgehead atoms. The van der Waals surface area contributed by atoms with Gasteiger partial charge in [0.2, 0.25) is 0 Å². The minimum atomic E-state index is 0.167. The summed E-state index contributed by atoms with van der Waals surface area (Å²) in [6.07, 6.45) is 2.91. The lowest BCUT2D eigenvalue weighted by atomic mass is 9.91. The number of hydrogen-bond acceptors (Lipinski definition) is 1. The van der Waals surface area contributed by atoms with E-state index in [0.29, 0.717) is 0 Å². The van der Waals surface area contributed by atoms with E-state index in [1.807, 2.05) is 24.3 Å². The van der Waals surface area contributed by atoms with Gasteiger partial charge in [0.15, 0.2) is 7.85 Å². The van der Waals surface area contributed by atoms with Crippen LogP contribution in [0.2, 0.25) is 0 Å². The normalized spacial score (nSPS) is 13.8. The van der Waals surface area contributed by atoms with Crippen molar-refractivity contribution in [3.63, 3.8) is 0 Å². The van der Waals surface area contributed by atoms with Crippen LogP contribution in [0, 0.1) is 0 Å². The molecule has 0 amide bonds. The van der Waals surface area contributed by atoms with Crippen LogP contribution >= 0.6 is 0 Å². The summed E-state index contributed by atoms with van der Waals surface area (Å²) in [5.41, 5.74) is 3.43. The molecule has 0 N–H and O–H groups in total. The van der Waals surface area contributed by atoms with Gasteiger partial charge in [-0.05, 0) is 17.5 Å². The molecule has 1 aromatic rings. The van der Waals surface area contributed by atoms with Crippen LogP contribution in [0.15, 0.2) is 30.3 Å². The second-order valence-electron chi connectivity index (χ2n) is 3.04. The minimum Gasteiger partial charge on any atom is -0.307 e. The minimum absolute atomic E-state index is 0.167. The van der Waals surface area contributed by atoms with E-state index in [-0.39, 0.29) is 5.68 Å². The molecule has 0 aliphatic heterocycles. The van der Waals surface area contributed by atoms with Crippen molar-refractivity contribution in [1.29, 1.82) is 0 Å². The summed E-state index contributed by atoms with van der Waals surface area (Å²) in [5, 5.41) is 0. The number of fused-ring (bicyclic) bond motifs is 1. The van der Waals surface area contributed by atoms with Gasteiger partial charge < -0.3 is 4.79 Å². The zero-order valence-corrected chi connectivity index (χ0v) is 7.00. The van der Waals surface area contributed by atoms with E-state index < -0.39 is 0 Å². The fraction of sp³-hybridized carbons (Fsp3) is 0.100. The zero-order chi connectivity index (χ0) is 8.55. The van der Waals surface area contributed by atoms with E-state index in [1.54, 1.807) is 7.85 Å². The fourth-order valence-electron chi connectivity index (χ4n) is 1.62. The first-order valence-electron chi connectivity index (χ1n) is 4.08. The number of benzene rings is 1. The van der Waals surface area contributed by atoms with Gasteiger partial charge in [-0.1, -0.05) is 30.3 Å². The van der Waals surface area contributed by atoms with Crippen LogP contribution in [0.25, 0.3) is 5.57 Å². The van der Waals surface area contributed by atoms with Crippen LogP contribution in [-0.4, -0.2) is 13.5 Å². The van der Waals surface area contributed by atoms with Crippen LogP contribution in [-0.2, 0) is 11.2 Å². The van der Waals surface area contributed by atoms with Gasteiger partial charge in [-0.15, -0.1) is 0 Å². The summed E-state index contributed by atoms with van der Waals surface area (Å²) in [6.45, 7) is 0. The van der Waals surface area contributed by atoms with Crippen molar-refractivity contribution in [1.82, 2.24) is 0 Å². The highest BCUT2D eigenvalue weighted by molar-refractivity contribution is 6.69. The lowest BCUT2D eigenvalue weighted by Crippen LogP contribution is -1.98. The van der Waals surface area contributed by atoms with Crippen LogP contribution in [0.1, 0.15) is 11.1 Å². The van der Waals surface area contributed by atoms with E-state index in [4.69, 9.17) is 0 Å². The molecule has 1 aliphatic rings. The summed E-state index contributed by atoms with van der Waals surface area (Å²) in [4.78, 5) is 11.1. The Morgan fingerprint density at radius 3 is 2.83 bits per heavy atom. The van der Waals surface area contributed by atoms with Gasteiger partial charge in [-0.25, -0.2) is 0 Å². The lowest BCUT2D eigenvalue weighted by molar-refractivity contribution is -0.107. The molecule has 0 atom stereocenters. The first kappa shape index (κ1) is 7.35. The van der Waals surface area contributed by atoms with Crippen molar-refractivity contribution in [2.45, 2.75) is 6.42 Å². The van der Waals surface area contributed by atoms with Crippen LogP contribution < -0.4 is 0 Å². The first-order valence-corrected chi connectivity index (χ1v) is 4.08. The second-order valence-corrected chi connectivity index (χ2v) is 3.04. The summed E-state index contributed by atoms with van der Waals surface area (Å²) < 4.78 is 0. The van der Waals surface area contributed by atoms with E-state index in [2.05, 4.69) is 6.07 Å². The molecule has 0 spiro atoms. The lowest BCUT2D eigenvalue weighted by Gasteiger charge is -2.00. The monoisotopic (exact) mass is 156 g/mol. The Hall–Kier alpha value is -1.31. The molecule has 0 aromatic heterocycles. The molecule has 58 valence electrons. The zero-order valence-electron chi connectivity index (χ0n) is 7.00.